The zero-order valence-electron chi connectivity index (χ0n) is 28.3. The van der Waals surface area contributed by atoms with Crippen molar-refractivity contribution in [3.63, 3.8) is 0 Å². The Kier molecular flexibility index (Phi) is 9.56. The summed E-state index contributed by atoms with van der Waals surface area (Å²) in [7, 11) is 0. The summed E-state index contributed by atoms with van der Waals surface area (Å²) in [6.45, 7) is 7.23. The third kappa shape index (κ3) is 6.31. The quantitative estimate of drug-likeness (QED) is 0.132. The van der Waals surface area contributed by atoms with Crippen molar-refractivity contribution in [2.75, 3.05) is 0 Å². The van der Waals surface area contributed by atoms with E-state index in [0.29, 0.717) is 41.1 Å². The van der Waals surface area contributed by atoms with Crippen molar-refractivity contribution < 1.29 is 38.9 Å². The fraction of sp³-hybridized carbons (Fsp3) is 0.750. The van der Waals surface area contributed by atoms with E-state index in [9.17, 15) is 34.7 Å². The van der Waals surface area contributed by atoms with Crippen LogP contribution in [0.15, 0.2) is 16.8 Å². The van der Waals surface area contributed by atoms with Crippen molar-refractivity contribution in [2.45, 2.75) is 117 Å². The molecular weight excluding hydrogens is 618 g/mol. The van der Waals surface area contributed by atoms with Gasteiger partial charge in [-0.05, 0) is 145 Å². The highest BCUT2D eigenvalue weighted by molar-refractivity contribution is 5.86. The molecule has 0 aliphatic heterocycles. The van der Waals surface area contributed by atoms with Gasteiger partial charge in [0.15, 0.2) is 0 Å². The summed E-state index contributed by atoms with van der Waals surface area (Å²) in [5.74, 6) is 0.555. The number of aliphatic carboxylic acids is 2. The molecule has 1 aromatic heterocycles. The Hall–Kier alpha value is -3.57. The standard InChI is InChI=1S/C36H49N3O9/c1-20(4-12-30(40)41)26-9-10-27-25-8-7-23-19-24(14-16-35(23,2)28(25)15-17-36(26,27)3)47-34(44)22(6-13-31(42)43)18-21-5-11-29(39(45)46)33-32(21)37-48-38-33/h5,11,20,22-28H,4,6-10,12-19H2,1-3H3,(H,40,41)(H,42,43)/t20-,22-,23-,24+,25+,26?,27+,28+,35+,36-/m1/s1. The van der Waals surface area contributed by atoms with Crippen LogP contribution < -0.4 is 0 Å². The van der Waals surface area contributed by atoms with E-state index in [1.807, 2.05) is 0 Å². The number of fused-ring (bicyclic) bond motifs is 6. The number of carbonyl (C=O) groups excluding carboxylic acids is 1. The van der Waals surface area contributed by atoms with Crippen molar-refractivity contribution in [3.05, 3.63) is 27.8 Å². The van der Waals surface area contributed by atoms with Crippen LogP contribution in [0.3, 0.4) is 0 Å². The third-order valence-corrected chi connectivity index (χ3v) is 13.7. The average molecular weight is 668 g/mol. The summed E-state index contributed by atoms with van der Waals surface area (Å²) in [5.41, 5.74) is 0.918. The van der Waals surface area contributed by atoms with Crippen LogP contribution >= 0.6 is 0 Å². The maximum absolute atomic E-state index is 13.7. The van der Waals surface area contributed by atoms with Crippen molar-refractivity contribution in [1.82, 2.24) is 10.3 Å². The maximum atomic E-state index is 13.7. The van der Waals surface area contributed by atoms with E-state index in [1.165, 1.54) is 44.2 Å². The molecule has 0 bridgehead atoms. The number of carbonyl (C=O) groups is 3. The molecule has 0 amide bonds. The number of nitro groups is 1. The molecule has 4 aliphatic carbocycles. The minimum Gasteiger partial charge on any atom is -0.481 e. The van der Waals surface area contributed by atoms with Gasteiger partial charge in [-0.3, -0.25) is 24.5 Å². The SMILES string of the molecule is C[C@H](CCC(=O)O)C1CC[C@H]2[C@@H]3CC[C@@H]4C[C@@H](OC(=O)[C@H](CCC(=O)O)Cc5ccc([N+](=O)[O-])c6nonc56)CC[C@]4(C)[C@H]3CC[C@]12C. The number of aromatic nitrogens is 2. The molecule has 4 saturated carbocycles. The largest absolute Gasteiger partial charge is 0.481 e. The van der Waals surface area contributed by atoms with Crippen LogP contribution in [0.5, 0.6) is 0 Å². The second-order valence-electron chi connectivity index (χ2n) is 15.9. The number of ether oxygens (including phenoxy) is 1. The highest BCUT2D eigenvalue weighted by atomic mass is 16.6. The minimum atomic E-state index is -1.01. The molecule has 10 atom stereocenters. The summed E-state index contributed by atoms with van der Waals surface area (Å²) in [6, 6.07) is 2.83. The number of carboxylic acid groups (broad SMARTS) is 2. The lowest BCUT2D eigenvalue weighted by atomic mass is 9.44. The fourth-order valence-electron chi connectivity index (χ4n) is 11.2. The first-order valence-electron chi connectivity index (χ1n) is 17.8. The summed E-state index contributed by atoms with van der Waals surface area (Å²) >= 11 is 0. The summed E-state index contributed by atoms with van der Waals surface area (Å²) in [5, 5.41) is 37.6. The Labute approximate surface area is 280 Å². The number of nitro benzene ring substituents is 1. The van der Waals surface area contributed by atoms with Crippen LogP contribution in [-0.4, -0.2) is 49.5 Å². The van der Waals surface area contributed by atoms with Crippen molar-refractivity contribution in [3.8, 4) is 0 Å². The minimum absolute atomic E-state index is 0.00568. The number of hydrogen-bond acceptors (Lipinski definition) is 9. The predicted octanol–water partition coefficient (Wildman–Crippen LogP) is 7.23. The molecule has 1 unspecified atom stereocenters. The molecule has 1 heterocycles. The van der Waals surface area contributed by atoms with Crippen LogP contribution in [0, 0.1) is 62.4 Å². The normalized spacial score (nSPS) is 34.0. The Bertz CT molecular complexity index is 1560. The molecule has 262 valence electrons. The lowest BCUT2D eigenvalue weighted by Gasteiger charge is -2.61. The summed E-state index contributed by atoms with van der Waals surface area (Å²) in [6.07, 6.45) is 10.5. The molecule has 4 fully saturated rings. The molecule has 0 spiro atoms. The topological polar surface area (TPSA) is 183 Å². The van der Waals surface area contributed by atoms with Gasteiger partial charge in [0.25, 0.3) is 0 Å². The highest BCUT2D eigenvalue weighted by Crippen LogP contribution is 2.68. The summed E-state index contributed by atoms with van der Waals surface area (Å²) in [4.78, 5) is 47.3. The van der Waals surface area contributed by atoms with Crippen LogP contribution in [0.4, 0.5) is 5.69 Å². The van der Waals surface area contributed by atoms with E-state index in [2.05, 4.69) is 31.1 Å². The molecule has 1 aromatic carbocycles. The number of rotatable bonds is 12. The molecule has 0 saturated heterocycles. The smallest absolute Gasteiger partial charge is 0.309 e. The highest BCUT2D eigenvalue weighted by Gasteiger charge is 2.60. The first-order chi connectivity index (χ1) is 22.8. The fourth-order valence-corrected chi connectivity index (χ4v) is 11.2. The lowest BCUT2D eigenvalue weighted by molar-refractivity contribution is -0.383. The van der Waals surface area contributed by atoms with Crippen LogP contribution in [-0.2, 0) is 25.5 Å². The molecule has 6 rings (SSSR count). The molecule has 48 heavy (non-hydrogen) atoms. The Morgan fingerprint density at radius 1 is 0.958 bits per heavy atom. The average Bonchev–Trinajstić information content (AvgIpc) is 3.67. The number of hydrogen-bond donors (Lipinski definition) is 2. The van der Waals surface area contributed by atoms with E-state index in [4.69, 9.17) is 9.37 Å². The second kappa shape index (κ2) is 13.4. The van der Waals surface area contributed by atoms with E-state index in [1.54, 1.807) is 0 Å². The number of nitrogens with zero attached hydrogens (tertiary/aromatic N) is 3. The predicted molar refractivity (Wildman–Crippen MR) is 174 cm³/mol. The van der Waals surface area contributed by atoms with E-state index in [-0.39, 0.29) is 59.3 Å². The molecule has 2 N–H and O–H groups in total. The number of non-ortho nitro benzene ring substituents is 1. The van der Waals surface area contributed by atoms with Crippen molar-refractivity contribution >= 4 is 34.6 Å². The van der Waals surface area contributed by atoms with E-state index >= 15 is 0 Å². The summed E-state index contributed by atoms with van der Waals surface area (Å²) < 4.78 is 11.0. The lowest BCUT2D eigenvalue weighted by Crippen LogP contribution is -2.54. The monoisotopic (exact) mass is 667 g/mol. The van der Waals surface area contributed by atoms with Gasteiger partial charge in [0, 0.05) is 18.9 Å². The van der Waals surface area contributed by atoms with Crippen LogP contribution in [0.1, 0.15) is 110 Å². The Morgan fingerprint density at radius 3 is 2.38 bits per heavy atom. The Morgan fingerprint density at radius 2 is 1.65 bits per heavy atom. The zero-order chi connectivity index (χ0) is 34.4. The van der Waals surface area contributed by atoms with Gasteiger partial charge in [0.1, 0.15) is 11.6 Å². The van der Waals surface area contributed by atoms with Crippen LogP contribution in [0.25, 0.3) is 11.0 Å². The second-order valence-corrected chi connectivity index (χ2v) is 15.9. The van der Waals surface area contributed by atoms with Crippen molar-refractivity contribution in [1.29, 1.82) is 0 Å². The molecule has 12 nitrogen and oxygen atoms in total. The number of benzene rings is 1. The Balaban J connectivity index is 1.11. The van der Waals surface area contributed by atoms with Gasteiger partial charge < -0.3 is 14.9 Å². The van der Waals surface area contributed by atoms with Gasteiger partial charge in [0.05, 0.1) is 10.8 Å². The van der Waals surface area contributed by atoms with Gasteiger partial charge in [0.2, 0.25) is 5.52 Å². The first-order valence-corrected chi connectivity index (χ1v) is 17.8. The van der Waals surface area contributed by atoms with E-state index in [0.717, 1.165) is 32.1 Å². The van der Waals surface area contributed by atoms with Gasteiger partial charge in [-0.15, -0.1) is 0 Å². The number of esters is 1. The third-order valence-electron chi connectivity index (χ3n) is 13.7. The first kappa shape index (κ1) is 34.3. The molecule has 0 radical (unpaired) electrons. The molecule has 12 heteroatoms. The van der Waals surface area contributed by atoms with Crippen molar-refractivity contribution in [2.24, 2.45) is 52.3 Å². The molecular formula is C36H49N3O9. The molecule has 2 aromatic rings. The maximum Gasteiger partial charge on any atom is 0.309 e. The van der Waals surface area contributed by atoms with Gasteiger partial charge in [-0.1, -0.05) is 20.8 Å². The van der Waals surface area contributed by atoms with Crippen LogP contribution in [0.2, 0.25) is 0 Å². The van der Waals surface area contributed by atoms with Gasteiger partial charge in [-0.2, -0.15) is 0 Å². The molecule has 4 aliphatic rings. The van der Waals surface area contributed by atoms with Gasteiger partial charge >= 0.3 is 23.6 Å². The van der Waals surface area contributed by atoms with E-state index < -0.39 is 28.7 Å². The zero-order valence-corrected chi connectivity index (χ0v) is 28.3. The van der Waals surface area contributed by atoms with Gasteiger partial charge in [-0.25, -0.2) is 4.63 Å². The number of carboxylic acids is 2.